The van der Waals surface area contributed by atoms with E-state index in [0.29, 0.717) is 23.0 Å². The Kier molecular flexibility index (Phi) is 6.70. The van der Waals surface area contributed by atoms with Gasteiger partial charge in [0.25, 0.3) is 10.0 Å². The fraction of sp³-hybridized carbons (Fsp3) is 0.261. The number of thiophene rings is 1. The molecular formula is C23H25N3O3S2. The Morgan fingerprint density at radius 1 is 0.839 bits per heavy atom. The summed E-state index contributed by atoms with van der Waals surface area (Å²) in [7, 11) is -3.45. The summed E-state index contributed by atoms with van der Waals surface area (Å²) in [6, 6.07) is 20.7. The summed E-state index contributed by atoms with van der Waals surface area (Å²) in [5.41, 5.74) is 2.61. The molecule has 0 saturated carbocycles. The average molecular weight is 456 g/mol. The Morgan fingerprint density at radius 3 is 2.19 bits per heavy atom. The lowest BCUT2D eigenvalue weighted by molar-refractivity contribution is -0.115. The monoisotopic (exact) mass is 455 g/mol. The normalized spacial score (nSPS) is 14.8. The topological polar surface area (TPSA) is 78.5 Å². The standard InChI is InChI=1S/C23H25N3O3S2/c27-22(25-20-11-9-19(10-12-20)24-18-7-3-1-4-8-18)17-21-13-14-23(30-21)31(28,29)26-15-5-2-6-16-26/h1,3-4,7-14,24H,2,5-6,15-17H2,(H,25,27). The molecule has 0 aliphatic carbocycles. The van der Waals surface area contributed by atoms with Crippen molar-refractivity contribution in [2.45, 2.75) is 29.9 Å². The smallest absolute Gasteiger partial charge is 0.252 e. The van der Waals surface area contributed by atoms with Crippen molar-refractivity contribution in [1.82, 2.24) is 4.31 Å². The minimum absolute atomic E-state index is 0.143. The molecule has 2 heterocycles. The van der Waals surface area contributed by atoms with E-state index in [9.17, 15) is 13.2 Å². The number of carbonyl (C=O) groups excluding carboxylic acids is 1. The van der Waals surface area contributed by atoms with Gasteiger partial charge in [-0.3, -0.25) is 4.79 Å². The van der Waals surface area contributed by atoms with Gasteiger partial charge < -0.3 is 10.6 Å². The second-order valence-corrected chi connectivity index (χ2v) is 10.8. The highest BCUT2D eigenvalue weighted by Crippen LogP contribution is 2.27. The van der Waals surface area contributed by atoms with Crippen LogP contribution in [0.3, 0.4) is 0 Å². The van der Waals surface area contributed by atoms with Crippen LogP contribution in [0.15, 0.2) is 70.9 Å². The Hall–Kier alpha value is -2.68. The van der Waals surface area contributed by atoms with Gasteiger partial charge in [-0.1, -0.05) is 24.6 Å². The molecule has 1 aromatic heterocycles. The van der Waals surface area contributed by atoms with Gasteiger partial charge in [0, 0.05) is 35.0 Å². The lowest BCUT2D eigenvalue weighted by Gasteiger charge is -2.25. The molecule has 8 heteroatoms. The van der Waals surface area contributed by atoms with Crippen molar-refractivity contribution >= 4 is 44.3 Å². The van der Waals surface area contributed by atoms with E-state index in [-0.39, 0.29) is 12.3 Å². The average Bonchev–Trinajstić information content (AvgIpc) is 3.26. The zero-order valence-corrected chi connectivity index (χ0v) is 18.7. The predicted octanol–water partition coefficient (Wildman–Crippen LogP) is 4.85. The Morgan fingerprint density at radius 2 is 1.48 bits per heavy atom. The summed E-state index contributed by atoms with van der Waals surface area (Å²) < 4.78 is 27.4. The lowest BCUT2D eigenvalue weighted by atomic mass is 10.2. The number of anilines is 3. The van der Waals surface area contributed by atoms with E-state index in [1.54, 1.807) is 16.4 Å². The van der Waals surface area contributed by atoms with E-state index in [2.05, 4.69) is 10.6 Å². The lowest BCUT2D eigenvalue weighted by Crippen LogP contribution is -2.35. The predicted molar refractivity (Wildman–Crippen MR) is 125 cm³/mol. The second-order valence-electron chi connectivity index (χ2n) is 7.48. The first kappa shape index (κ1) is 21.5. The largest absolute Gasteiger partial charge is 0.356 e. The maximum Gasteiger partial charge on any atom is 0.252 e. The molecule has 1 amide bonds. The Bertz CT molecular complexity index is 1120. The summed E-state index contributed by atoms with van der Waals surface area (Å²) in [6.45, 7) is 1.15. The first-order chi connectivity index (χ1) is 15.0. The number of hydrogen-bond donors (Lipinski definition) is 2. The van der Waals surface area contributed by atoms with Gasteiger partial charge in [0.2, 0.25) is 5.91 Å². The molecule has 0 atom stereocenters. The second kappa shape index (κ2) is 9.64. The molecule has 2 N–H and O–H groups in total. The number of piperidine rings is 1. The highest BCUT2D eigenvalue weighted by atomic mass is 32.2. The van der Waals surface area contributed by atoms with Crippen LogP contribution >= 0.6 is 11.3 Å². The van der Waals surface area contributed by atoms with Crippen molar-refractivity contribution in [2.24, 2.45) is 0 Å². The van der Waals surface area contributed by atoms with Gasteiger partial charge in [-0.05, 0) is 61.4 Å². The summed E-state index contributed by atoms with van der Waals surface area (Å²) in [4.78, 5) is 13.2. The third-order valence-electron chi connectivity index (χ3n) is 5.11. The molecule has 2 aromatic carbocycles. The van der Waals surface area contributed by atoms with Crippen LogP contribution in [0.25, 0.3) is 0 Å². The van der Waals surface area contributed by atoms with Crippen LogP contribution in [0.4, 0.5) is 17.1 Å². The third kappa shape index (κ3) is 5.52. The van der Waals surface area contributed by atoms with E-state index in [0.717, 1.165) is 35.5 Å². The summed E-state index contributed by atoms with van der Waals surface area (Å²) in [5.74, 6) is -0.174. The van der Waals surface area contributed by atoms with Crippen molar-refractivity contribution in [3.05, 3.63) is 71.6 Å². The number of sulfonamides is 1. The zero-order valence-electron chi connectivity index (χ0n) is 17.1. The molecule has 6 nitrogen and oxygen atoms in total. The van der Waals surface area contributed by atoms with Crippen molar-refractivity contribution < 1.29 is 13.2 Å². The van der Waals surface area contributed by atoms with Crippen LogP contribution in [-0.4, -0.2) is 31.7 Å². The van der Waals surface area contributed by atoms with Crippen molar-refractivity contribution in [3.8, 4) is 0 Å². The van der Waals surface area contributed by atoms with Crippen LogP contribution in [0.2, 0.25) is 0 Å². The molecule has 0 unspecified atom stereocenters. The quantitative estimate of drug-likeness (QED) is 0.534. The SMILES string of the molecule is O=C(Cc1ccc(S(=O)(=O)N2CCCCC2)s1)Nc1ccc(Nc2ccccc2)cc1. The fourth-order valence-corrected chi connectivity index (χ4v) is 6.54. The molecule has 162 valence electrons. The molecule has 3 aromatic rings. The van der Waals surface area contributed by atoms with E-state index in [1.807, 2.05) is 54.6 Å². The number of carbonyl (C=O) groups is 1. The summed E-state index contributed by atoms with van der Waals surface area (Å²) in [6.07, 6.45) is 3.02. The van der Waals surface area contributed by atoms with E-state index in [4.69, 9.17) is 0 Å². The van der Waals surface area contributed by atoms with Gasteiger partial charge in [0.05, 0.1) is 6.42 Å². The van der Waals surface area contributed by atoms with E-state index >= 15 is 0 Å². The maximum absolute atomic E-state index is 12.8. The molecule has 1 fully saturated rings. The van der Waals surface area contributed by atoms with Crippen LogP contribution in [0.1, 0.15) is 24.1 Å². The van der Waals surface area contributed by atoms with Gasteiger partial charge in [-0.25, -0.2) is 8.42 Å². The minimum Gasteiger partial charge on any atom is -0.356 e. The minimum atomic E-state index is -3.45. The van der Waals surface area contributed by atoms with Crippen LogP contribution in [0.5, 0.6) is 0 Å². The highest BCUT2D eigenvalue weighted by Gasteiger charge is 2.27. The summed E-state index contributed by atoms with van der Waals surface area (Å²) >= 11 is 1.18. The molecule has 1 saturated heterocycles. The highest BCUT2D eigenvalue weighted by molar-refractivity contribution is 7.91. The molecule has 4 rings (SSSR count). The molecule has 1 aliphatic heterocycles. The van der Waals surface area contributed by atoms with Crippen molar-refractivity contribution in [1.29, 1.82) is 0 Å². The Balaban J connectivity index is 1.34. The van der Waals surface area contributed by atoms with E-state index < -0.39 is 10.0 Å². The molecule has 1 aliphatic rings. The van der Waals surface area contributed by atoms with Crippen LogP contribution in [0, 0.1) is 0 Å². The number of amides is 1. The van der Waals surface area contributed by atoms with E-state index in [1.165, 1.54) is 11.3 Å². The molecule has 0 radical (unpaired) electrons. The molecule has 0 bridgehead atoms. The van der Waals surface area contributed by atoms with Gasteiger partial charge in [0.1, 0.15) is 4.21 Å². The number of para-hydroxylation sites is 1. The fourth-order valence-electron chi connectivity index (χ4n) is 3.51. The van der Waals surface area contributed by atoms with Crippen LogP contribution < -0.4 is 10.6 Å². The summed E-state index contributed by atoms with van der Waals surface area (Å²) in [5, 5.41) is 6.17. The molecule has 0 spiro atoms. The number of rotatable bonds is 7. The van der Waals surface area contributed by atoms with Gasteiger partial charge in [-0.15, -0.1) is 11.3 Å². The first-order valence-corrected chi connectivity index (χ1v) is 12.6. The first-order valence-electron chi connectivity index (χ1n) is 10.3. The zero-order chi connectivity index (χ0) is 21.7. The third-order valence-corrected chi connectivity index (χ3v) is 8.56. The van der Waals surface area contributed by atoms with Crippen molar-refractivity contribution in [3.63, 3.8) is 0 Å². The number of benzene rings is 2. The Labute approximate surface area is 187 Å². The maximum atomic E-state index is 12.8. The van der Waals surface area contributed by atoms with Gasteiger partial charge in [0.15, 0.2) is 0 Å². The van der Waals surface area contributed by atoms with Crippen LogP contribution in [-0.2, 0) is 21.2 Å². The number of nitrogens with zero attached hydrogens (tertiary/aromatic N) is 1. The van der Waals surface area contributed by atoms with Gasteiger partial charge >= 0.3 is 0 Å². The molecular weight excluding hydrogens is 430 g/mol. The van der Waals surface area contributed by atoms with Crippen molar-refractivity contribution in [2.75, 3.05) is 23.7 Å². The number of nitrogens with one attached hydrogen (secondary N) is 2. The van der Waals surface area contributed by atoms with Gasteiger partial charge in [-0.2, -0.15) is 4.31 Å². The molecule has 31 heavy (non-hydrogen) atoms. The number of hydrogen-bond acceptors (Lipinski definition) is 5.